The highest BCUT2D eigenvalue weighted by molar-refractivity contribution is 14.0. The van der Waals surface area contributed by atoms with Gasteiger partial charge in [-0.1, -0.05) is 29.8 Å². The fraction of sp³-hybridized carbons (Fsp3) is 0.333. The quantitative estimate of drug-likeness (QED) is 0.306. The summed E-state index contributed by atoms with van der Waals surface area (Å²) < 4.78 is 0. The molecule has 4 N–H and O–H groups in total. The lowest BCUT2D eigenvalue weighted by atomic mass is 10.1. The van der Waals surface area contributed by atoms with Gasteiger partial charge < -0.3 is 21.3 Å². The predicted octanol–water partition coefficient (Wildman–Crippen LogP) is 3.39. The topological polar surface area (TPSA) is 82.7 Å². The van der Waals surface area contributed by atoms with Crippen LogP contribution in [0.4, 0.5) is 5.69 Å². The third-order valence-corrected chi connectivity index (χ3v) is 4.91. The zero-order chi connectivity index (χ0) is 19.9. The van der Waals surface area contributed by atoms with Crippen molar-refractivity contribution in [2.75, 3.05) is 24.5 Å². The number of hydrogen-bond donors (Lipinski definition) is 3. The van der Waals surface area contributed by atoms with E-state index in [2.05, 4.69) is 26.6 Å². The molecular weight excluding hydrogens is 501 g/mol. The van der Waals surface area contributed by atoms with E-state index in [1.165, 1.54) is 0 Å². The van der Waals surface area contributed by atoms with Crippen molar-refractivity contribution in [1.29, 1.82) is 0 Å². The van der Waals surface area contributed by atoms with Gasteiger partial charge in [-0.15, -0.1) is 24.0 Å². The Bertz CT molecular complexity index is 860. The second kappa shape index (κ2) is 11.3. The van der Waals surface area contributed by atoms with Crippen molar-refractivity contribution in [3.63, 3.8) is 0 Å². The van der Waals surface area contributed by atoms with Gasteiger partial charge in [0.05, 0.1) is 6.54 Å². The van der Waals surface area contributed by atoms with E-state index >= 15 is 0 Å². The molecule has 1 fully saturated rings. The maximum Gasteiger partial charge on any atom is 0.248 e. The number of nitrogens with one attached hydrogen (secondary N) is 2. The largest absolute Gasteiger partial charge is 0.369 e. The lowest BCUT2D eigenvalue weighted by Gasteiger charge is -2.20. The number of benzene rings is 2. The fourth-order valence-corrected chi connectivity index (χ4v) is 3.48. The highest BCUT2D eigenvalue weighted by atomic mass is 127. The Labute approximate surface area is 193 Å². The molecule has 0 bridgehead atoms. The van der Waals surface area contributed by atoms with Gasteiger partial charge in [0, 0.05) is 41.9 Å². The molecule has 1 aliphatic heterocycles. The number of carbonyl (C=O) groups excluding carboxylic acids is 1. The number of nitrogens with zero attached hydrogens (tertiary/aromatic N) is 2. The Hall–Kier alpha value is -2.00. The second-order valence-corrected chi connectivity index (χ2v) is 7.25. The number of carbonyl (C=O) groups is 1. The molecule has 1 atom stereocenters. The number of hydrogen-bond acceptors (Lipinski definition) is 3. The molecule has 2 aromatic carbocycles. The van der Waals surface area contributed by atoms with Crippen LogP contribution in [0.25, 0.3) is 0 Å². The van der Waals surface area contributed by atoms with Gasteiger partial charge in [0.1, 0.15) is 0 Å². The molecule has 3 rings (SSSR count). The van der Waals surface area contributed by atoms with E-state index in [9.17, 15) is 4.79 Å². The van der Waals surface area contributed by atoms with Crippen molar-refractivity contribution in [1.82, 2.24) is 10.6 Å². The van der Waals surface area contributed by atoms with E-state index in [0.29, 0.717) is 18.2 Å². The van der Waals surface area contributed by atoms with Crippen molar-refractivity contribution >= 4 is 53.1 Å². The average molecular weight is 528 g/mol. The minimum absolute atomic E-state index is 0. The number of anilines is 1. The van der Waals surface area contributed by atoms with Crippen LogP contribution in [0.1, 0.15) is 29.3 Å². The zero-order valence-corrected chi connectivity index (χ0v) is 19.5. The van der Waals surface area contributed by atoms with Crippen molar-refractivity contribution in [3.8, 4) is 0 Å². The Morgan fingerprint density at radius 1 is 1.28 bits per heavy atom. The first-order valence-electron chi connectivity index (χ1n) is 9.49. The third kappa shape index (κ3) is 6.78. The van der Waals surface area contributed by atoms with Gasteiger partial charge in [-0.2, -0.15) is 0 Å². The van der Waals surface area contributed by atoms with Crippen molar-refractivity contribution in [2.24, 2.45) is 10.7 Å². The van der Waals surface area contributed by atoms with Crippen molar-refractivity contribution < 1.29 is 4.79 Å². The minimum atomic E-state index is -0.428. The highest BCUT2D eigenvalue weighted by Gasteiger charge is 2.23. The first-order chi connectivity index (χ1) is 13.5. The number of rotatable bonds is 6. The molecule has 0 aliphatic carbocycles. The van der Waals surface area contributed by atoms with Crippen LogP contribution in [0.5, 0.6) is 0 Å². The summed E-state index contributed by atoms with van der Waals surface area (Å²) in [6.45, 7) is 5.15. The van der Waals surface area contributed by atoms with Crippen LogP contribution in [-0.2, 0) is 6.54 Å². The molecule has 6 nitrogen and oxygen atoms in total. The summed E-state index contributed by atoms with van der Waals surface area (Å²) in [5.74, 6) is 0.341. The Morgan fingerprint density at radius 3 is 2.79 bits per heavy atom. The fourth-order valence-electron chi connectivity index (χ4n) is 3.29. The maximum atomic E-state index is 11.3. The van der Waals surface area contributed by atoms with Gasteiger partial charge in [0.2, 0.25) is 5.91 Å². The summed E-state index contributed by atoms with van der Waals surface area (Å²) in [5, 5.41) is 7.55. The molecule has 8 heteroatoms. The van der Waals surface area contributed by atoms with Crippen LogP contribution < -0.4 is 21.3 Å². The molecular formula is C21H27ClIN5O. The molecule has 1 unspecified atom stereocenters. The normalized spacial score (nSPS) is 16.3. The summed E-state index contributed by atoms with van der Waals surface area (Å²) in [4.78, 5) is 18.3. The number of primary amides is 1. The van der Waals surface area contributed by atoms with Crippen LogP contribution in [0, 0.1) is 0 Å². The molecule has 1 saturated heterocycles. The zero-order valence-electron chi connectivity index (χ0n) is 16.4. The molecule has 0 aromatic heterocycles. The molecule has 1 heterocycles. The van der Waals surface area contributed by atoms with Crippen LogP contribution in [-0.4, -0.2) is 37.5 Å². The van der Waals surface area contributed by atoms with E-state index < -0.39 is 5.91 Å². The van der Waals surface area contributed by atoms with Gasteiger partial charge >= 0.3 is 0 Å². The van der Waals surface area contributed by atoms with Gasteiger partial charge in [-0.3, -0.25) is 4.79 Å². The van der Waals surface area contributed by atoms with Crippen LogP contribution in [0.3, 0.4) is 0 Å². The Kier molecular flexibility index (Phi) is 9.03. The van der Waals surface area contributed by atoms with E-state index in [4.69, 9.17) is 17.3 Å². The summed E-state index contributed by atoms with van der Waals surface area (Å²) in [6.07, 6.45) is 1.02. The lowest BCUT2D eigenvalue weighted by molar-refractivity contribution is 0.1000. The summed E-state index contributed by atoms with van der Waals surface area (Å²) in [7, 11) is 0. The number of aliphatic imine (C=N–C) groups is 1. The first kappa shape index (κ1) is 23.3. The SMILES string of the molecule is CCNC(=NCc1cccc(C(N)=O)c1)NC1CCN(c2cccc(Cl)c2)C1.I. The standard InChI is InChI=1S/C21H26ClN5O.HI/c1-2-24-21(25-13-15-5-3-6-16(11-15)20(23)28)26-18-9-10-27(14-18)19-8-4-7-17(22)12-19;/h3-8,11-12,18H,2,9-10,13-14H2,1H3,(H2,23,28)(H2,24,25,26);1H. The number of amides is 1. The molecule has 156 valence electrons. The Balaban J connectivity index is 0.00000300. The average Bonchev–Trinajstić information content (AvgIpc) is 3.15. The molecule has 0 radical (unpaired) electrons. The van der Waals surface area contributed by atoms with Crippen molar-refractivity contribution in [2.45, 2.75) is 25.9 Å². The number of guanidine groups is 1. The van der Waals surface area contributed by atoms with E-state index in [1.54, 1.807) is 12.1 Å². The highest BCUT2D eigenvalue weighted by Crippen LogP contribution is 2.23. The summed E-state index contributed by atoms with van der Waals surface area (Å²) in [6, 6.07) is 15.5. The first-order valence-corrected chi connectivity index (χ1v) is 9.87. The monoisotopic (exact) mass is 527 g/mol. The van der Waals surface area contributed by atoms with Crippen LogP contribution in [0.2, 0.25) is 5.02 Å². The van der Waals surface area contributed by atoms with Gasteiger partial charge in [-0.25, -0.2) is 4.99 Å². The molecule has 1 amide bonds. The third-order valence-electron chi connectivity index (χ3n) is 4.68. The van der Waals surface area contributed by atoms with Gasteiger partial charge in [0.25, 0.3) is 0 Å². The smallest absolute Gasteiger partial charge is 0.248 e. The number of nitrogens with two attached hydrogens (primary N) is 1. The second-order valence-electron chi connectivity index (χ2n) is 6.82. The Morgan fingerprint density at radius 2 is 2.07 bits per heavy atom. The van der Waals surface area contributed by atoms with Crippen LogP contribution in [0.15, 0.2) is 53.5 Å². The lowest BCUT2D eigenvalue weighted by Crippen LogP contribution is -2.44. The van der Waals surface area contributed by atoms with E-state index in [-0.39, 0.29) is 24.0 Å². The van der Waals surface area contributed by atoms with E-state index in [0.717, 1.165) is 48.3 Å². The van der Waals surface area contributed by atoms with Crippen molar-refractivity contribution in [3.05, 3.63) is 64.7 Å². The molecule has 1 aliphatic rings. The predicted molar refractivity (Wildman–Crippen MR) is 130 cm³/mol. The molecule has 0 spiro atoms. The molecule has 2 aromatic rings. The molecule has 0 saturated carbocycles. The number of halogens is 2. The van der Waals surface area contributed by atoms with Gasteiger partial charge in [-0.05, 0) is 49.2 Å². The maximum absolute atomic E-state index is 11.3. The van der Waals surface area contributed by atoms with Gasteiger partial charge in [0.15, 0.2) is 5.96 Å². The summed E-state index contributed by atoms with van der Waals surface area (Å²) in [5.41, 5.74) is 7.94. The molecule has 29 heavy (non-hydrogen) atoms. The van der Waals surface area contributed by atoms with Crippen LogP contribution >= 0.6 is 35.6 Å². The minimum Gasteiger partial charge on any atom is -0.369 e. The summed E-state index contributed by atoms with van der Waals surface area (Å²) >= 11 is 6.11. The van der Waals surface area contributed by atoms with E-state index in [1.807, 2.05) is 37.3 Å².